The summed E-state index contributed by atoms with van der Waals surface area (Å²) < 4.78 is 0. The summed E-state index contributed by atoms with van der Waals surface area (Å²) in [6.45, 7) is 7.95. The summed E-state index contributed by atoms with van der Waals surface area (Å²) in [5.41, 5.74) is 6.70. The van der Waals surface area contributed by atoms with Crippen molar-refractivity contribution in [1.82, 2.24) is 10.3 Å². The van der Waals surface area contributed by atoms with Crippen LogP contribution in [0.2, 0.25) is 0 Å². The van der Waals surface area contributed by atoms with E-state index in [-0.39, 0.29) is 0 Å². The normalized spacial score (nSPS) is 20.5. The van der Waals surface area contributed by atoms with Crippen molar-refractivity contribution in [2.75, 3.05) is 36.0 Å². The molecule has 0 saturated carbocycles. The Labute approximate surface area is 186 Å². The number of benzene rings is 2. The Morgan fingerprint density at radius 3 is 2.52 bits per heavy atom. The maximum absolute atomic E-state index is 4.63. The molecule has 0 radical (unpaired) electrons. The van der Waals surface area contributed by atoms with E-state index in [0.717, 1.165) is 31.1 Å². The van der Waals surface area contributed by atoms with E-state index in [9.17, 15) is 0 Å². The van der Waals surface area contributed by atoms with Crippen LogP contribution in [0, 0.1) is 0 Å². The van der Waals surface area contributed by atoms with Crippen LogP contribution in [-0.2, 0) is 13.0 Å². The zero-order valence-corrected chi connectivity index (χ0v) is 18.7. The summed E-state index contributed by atoms with van der Waals surface area (Å²) in [5.74, 6) is 0. The fraction of sp³-hybridized carbons (Fsp3) is 0.444. The molecular weight excluding hydrogens is 380 g/mol. The summed E-state index contributed by atoms with van der Waals surface area (Å²) in [6, 6.07) is 18.5. The first-order valence-electron chi connectivity index (χ1n) is 12.0. The lowest BCUT2D eigenvalue weighted by atomic mass is 9.98. The molecule has 3 aliphatic heterocycles. The van der Waals surface area contributed by atoms with Gasteiger partial charge in [0.1, 0.15) is 0 Å². The molecule has 2 fully saturated rings. The fourth-order valence-corrected chi connectivity index (χ4v) is 5.02. The highest BCUT2D eigenvalue weighted by Gasteiger charge is 2.19. The second-order valence-electron chi connectivity index (χ2n) is 9.20. The summed E-state index contributed by atoms with van der Waals surface area (Å²) in [4.78, 5) is 9.61. The number of para-hydroxylation sites is 1. The van der Waals surface area contributed by atoms with E-state index in [2.05, 4.69) is 69.5 Å². The number of fused-ring (bicyclic) bond motifs is 2. The Hall–Kier alpha value is -2.59. The Kier molecular flexibility index (Phi) is 6.08. The minimum Gasteiger partial charge on any atom is -0.372 e. The molecule has 6 rings (SSSR count). The second-order valence-corrected chi connectivity index (χ2v) is 9.20. The average molecular weight is 415 g/mol. The highest BCUT2D eigenvalue weighted by atomic mass is 15.2. The summed E-state index contributed by atoms with van der Waals surface area (Å²) >= 11 is 0. The van der Waals surface area contributed by atoms with Crippen LogP contribution in [0.15, 0.2) is 54.7 Å². The molecule has 3 aliphatic rings. The van der Waals surface area contributed by atoms with Crippen LogP contribution < -0.4 is 15.1 Å². The van der Waals surface area contributed by atoms with E-state index in [1.54, 1.807) is 0 Å². The standard InChI is InChI=1S/C22H23N3.C5H11N/c1-2-6-22-18(5-1)14-21(15-23-22)25-12-9-17-13-20(8-7-19(17)16-25)24-10-3-4-11-24;1-5-3-2-4-6-5/h1-2,5-8,13-15H,3-4,9-12,16H2;5-6H,2-4H2,1H3. The molecule has 0 bridgehead atoms. The van der Waals surface area contributed by atoms with Crippen molar-refractivity contribution in [2.24, 2.45) is 0 Å². The highest BCUT2D eigenvalue weighted by molar-refractivity contribution is 5.81. The monoisotopic (exact) mass is 414 g/mol. The van der Waals surface area contributed by atoms with Crippen LogP contribution in [0.3, 0.4) is 0 Å². The molecule has 31 heavy (non-hydrogen) atoms. The number of hydrogen-bond donors (Lipinski definition) is 1. The molecule has 4 heteroatoms. The third-order valence-corrected chi connectivity index (χ3v) is 6.92. The van der Waals surface area contributed by atoms with Crippen LogP contribution in [0.25, 0.3) is 10.9 Å². The smallest absolute Gasteiger partial charge is 0.0703 e. The third-order valence-electron chi connectivity index (χ3n) is 6.92. The number of nitrogens with zero attached hydrogens (tertiary/aromatic N) is 3. The molecule has 0 amide bonds. The lowest BCUT2D eigenvalue weighted by Gasteiger charge is -2.31. The summed E-state index contributed by atoms with van der Waals surface area (Å²) in [6.07, 6.45) is 8.55. The number of pyridine rings is 1. The Bertz CT molecular complexity index is 1020. The van der Waals surface area contributed by atoms with Crippen molar-refractivity contribution < 1.29 is 0 Å². The Balaban J connectivity index is 0.000000296. The maximum Gasteiger partial charge on any atom is 0.0703 e. The highest BCUT2D eigenvalue weighted by Crippen LogP contribution is 2.30. The SMILES string of the molecule is CC1CCCN1.c1ccc2ncc(N3CCc4cc(N5CCCC5)ccc4C3)cc2c1. The molecule has 2 aromatic carbocycles. The van der Waals surface area contributed by atoms with Gasteiger partial charge in [0.15, 0.2) is 0 Å². The molecule has 4 nitrogen and oxygen atoms in total. The number of hydrogen-bond acceptors (Lipinski definition) is 4. The van der Waals surface area contributed by atoms with Crippen molar-refractivity contribution in [3.63, 3.8) is 0 Å². The third kappa shape index (κ3) is 4.69. The van der Waals surface area contributed by atoms with Gasteiger partial charge in [-0.1, -0.05) is 24.3 Å². The van der Waals surface area contributed by atoms with Crippen LogP contribution in [-0.4, -0.2) is 37.2 Å². The predicted molar refractivity (Wildman–Crippen MR) is 131 cm³/mol. The molecule has 1 unspecified atom stereocenters. The van der Waals surface area contributed by atoms with E-state index < -0.39 is 0 Å². The Morgan fingerprint density at radius 2 is 1.74 bits per heavy atom. The molecule has 0 spiro atoms. The number of nitrogens with one attached hydrogen (secondary N) is 1. The van der Waals surface area contributed by atoms with E-state index in [1.807, 2.05) is 12.3 Å². The van der Waals surface area contributed by atoms with Gasteiger partial charge in [0.2, 0.25) is 0 Å². The van der Waals surface area contributed by atoms with Gasteiger partial charge in [-0.25, -0.2) is 0 Å². The maximum atomic E-state index is 4.63. The van der Waals surface area contributed by atoms with Crippen molar-refractivity contribution >= 4 is 22.3 Å². The summed E-state index contributed by atoms with van der Waals surface area (Å²) in [7, 11) is 0. The van der Waals surface area contributed by atoms with Gasteiger partial charge < -0.3 is 15.1 Å². The topological polar surface area (TPSA) is 31.4 Å². The van der Waals surface area contributed by atoms with E-state index >= 15 is 0 Å². The van der Waals surface area contributed by atoms with Gasteiger partial charge in [-0.2, -0.15) is 0 Å². The lowest BCUT2D eigenvalue weighted by molar-refractivity contribution is 0.664. The molecule has 162 valence electrons. The first-order valence-corrected chi connectivity index (χ1v) is 12.0. The Morgan fingerprint density at radius 1 is 0.871 bits per heavy atom. The molecule has 4 heterocycles. The molecule has 1 aromatic heterocycles. The van der Waals surface area contributed by atoms with Crippen LogP contribution >= 0.6 is 0 Å². The van der Waals surface area contributed by atoms with E-state index in [1.165, 1.54) is 73.2 Å². The first kappa shape index (κ1) is 20.3. The van der Waals surface area contributed by atoms with Gasteiger partial charge in [0.25, 0.3) is 0 Å². The van der Waals surface area contributed by atoms with Gasteiger partial charge in [-0.15, -0.1) is 0 Å². The number of anilines is 2. The van der Waals surface area contributed by atoms with Crippen LogP contribution in [0.4, 0.5) is 11.4 Å². The zero-order chi connectivity index (χ0) is 21.0. The van der Waals surface area contributed by atoms with Crippen LogP contribution in [0.1, 0.15) is 43.7 Å². The van der Waals surface area contributed by atoms with Crippen LogP contribution in [0.5, 0.6) is 0 Å². The molecular formula is C27H34N4. The van der Waals surface area contributed by atoms with Crippen molar-refractivity contribution in [2.45, 2.75) is 51.6 Å². The average Bonchev–Trinajstić information content (AvgIpc) is 3.53. The van der Waals surface area contributed by atoms with Gasteiger partial charge in [0, 0.05) is 43.3 Å². The number of aromatic nitrogens is 1. The number of rotatable bonds is 2. The minimum atomic E-state index is 0.796. The first-order chi connectivity index (χ1) is 15.3. The molecule has 3 aromatic rings. The van der Waals surface area contributed by atoms with E-state index in [4.69, 9.17) is 0 Å². The minimum absolute atomic E-state index is 0.796. The van der Waals surface area contributed by atoms with Gasteiger partial charge in [-0.3, -0.25) is 4.98 Å². The van der Waals surface area contributed by atoms with Gasteiger partial charge >= 0.3 is 0 Å². The quantitative estimate of drug-likeness (QED) is 0.628. The predicted octanol–water partition coefficient (Wildman–Crippen LogP) is 5.16. The summed E-state index contributed by atoms with van der Waals surface area (Å²) in [5, 5.41) is 4.54. The van der Waals surface area contributed by atoms with Gasteiger partial charge in [0.05, 0.1) is 17.4 Å². The zero-order valence-electron chi connectivity index (χ0n) is 18.7. The molecule has 1 atom stereocenters. The second kappa shape index (κ2) is 9.27. The molecule has 2 saturated heterocycles. The fourth-order valence-electron chi connectivity index (χ4n) is 5.02. The molecule has 1 N–H and O–H groups in total. The largest absolute Gasteiger partial charge is 0.372 e. The van der Waals surface area contributed by atoms with Crippen molar-refractivity contribution in [3.8, 4) is 0 Å². The molecule has 0 aliphatic carbocycles. The van der Waals surface area contributed by atoms with E-state index in [0.29, 0.717) is 0 Å². The van der Waals surface area contributed by atoms with Crippen molar-refractivity contribution in [3.05, 3.63) is 65.9 Å². The van der Waals surface area contributed by atoms with Gasteiger partial charge in [-0.05, 0) is 81.0 Å². The lowest BCUT2D eigenvalue weighted by Crippen LogP contribution is -2.30. The van der Waals surface area contributed by atoms with Crippen molar-refractivity contribution in [1.29, 1.82) is 0 Å².